The number of hydrogen-bond acceptors (Lipinski definition) is 4. The van der Waals surface area contributed by atoms with E-state index < -0.39 is 0 Å². The predicted molar refractivity (Wildman–Crippen MR) is 90.6 cm³/mol. The Kier molecular flexibility index (Phi) is 3.81. The Morgan fingerprint density at radius 3 is 2.00 bits per heavy atom. The topological polar surface area (TPSA) is 37.2 Å². The Balaban J connectivity index is 1.71. The molecule has 5 nitrogen and oxygen atoms in total. The highest BCUT2D eigenvalue weighted by Crippen LogP contribution is 2.24. The number of rotatable bonds is 2. The molecule has 0 saturated carbocycles. The summed E-state index contributed by atoms with van der Waals surface area (Å²) < 4.78 is 2.14. The highest BCUT2D eigenvalue weighted by atomic mass is 15.4. The van der Waals surface area contributed by atoms with Crippen molar-refractivity contribution < 1.29 is 0 Å². The van der Waals surface area contributed by atoms with Gasteiger partial charge in [-0.15, -0.1) is 10.2 Å². The Bertz CT molecular complexity index is 618. The van der Waals surface area contributed by atoms with Crippen LogP contribution < -0.4 is 9.80 Å². The number of anilines is 2. The number of para-hydroxylation sites is 1. The molecule has 2 heterocycles. The van der Waals surface area contributed by atoms with E-state index in [0.29, 0.717) is 0 Å². The fraction of sp³-hybridized carbons (Fsp3) is 0.529. The molecule has 1 aliphatic rings. The fourth-order valence-electron chi connectivity index (χ4n) is 3.05. The first-order chi connectivity index (χ1) is 10.5. The van der Waals surface area contributed by atoms with Crippen molar-refractivity contribution in [2.75, 3.05) is 36.0 Å². The van der Waals surface area contributed by atoms with Crippen LogP contribution in [0.2, 0.25) is 0 Å². The van der Waals surface area contributed by atoms with Crippen molar-refractivity contribution in [3.05, 3.63) is 36.2 Å². The van der Waals surface area contributed by atoms with Crippen molar-refractivity contribution in [3.63, 3.8) is 0 Å². The molecule has 0 atom stereocenters. The van der Waals surface area contributed by atoms with E-state index in [0.717, 1.165) is 38.0 Å². The Hall–Kier alpha value is -2.04. The third kappa shape index (κ3) is 2.80. The molecule has 0 aliphatic carbocycles. The van der Waals surface area contributed by atoms with Gasteiger partial charge in [0.1, 0.15) is 5.82 Å². The second-order valence-corrected chi connectivity index (χ2v) is 6.94. The van der Waals surface area contributed by atoms with Crippen LogP contribution in [0.5, 0.6) is 0 Å². The molecule has 22 heavy (non-hydrogen) atoms. The lowest BCUT2D eigenvalue weighted by Gasteiger charge is -2.36. The Morgan fingerprint density at radius 1 is 0.864 bits per heavy atom. The zero-order valence-corrected chi connectivity index (χ0v) is 14.0. The summed E-state index contributed by atoms with van der Waals surface area (Å²) in [5.41, 5.74) is 1.32. The minimum absolute atomic E-state index is 0.0197. The summed E-state index contributed by atoms with van der Waals surface area (Å²) in [6, 6.07) is 10.6. The SMILES string of the molecule is Cn1c(N2CCN(c3ccccc3)CC2)nnc1C(C)(C)C. The third-order valence-electron chi connectivity index (χ3n) is 4.21. The smallest absolute Gasteiger partial charge is 0.227 e. The summed E-state index contributed by atoms with van der Waals surface area (Å²) >= 11 is 0. The molecule has 0 amide bonds. The van der Waals surface area contributed by atoms with Gasteiger partial charge in [0.2, 0.25) is 5.95 Å². The molecular weight excluding hydrogens is 274 g/mol. The molecule has 1 aliphatic heterocycles. The zero-order valence-electron chi connectivity index (χ0n) is 14.0. The van der Waals surface area contributed by atoms with E-state index in [9.17, 15) is 0 Å². The number of piperazine rings is 1. The van der Waals surface area contributed by atoms with E-state index in [1.165, 1.54) is 5.69 Å². The van der Waals surface area contributed by atoms with Gasteiger partial charge in [0, 0.05) is 44.3 Å². The van der Waals surface area contributed by atoms with Gasteiger partial charge >= 0.3 is 0 Å². The summed E-state index contributed by atoms with van der Waals surface area (Å²) in [5, 5.41) is 8.82. The Labute approximate surface area is 132 Å². The van der Waals surface area contributed by atoms with Crippen LogP contribution in [0, 0.1) is 0 Å². The number of aromatic nitrogens is 3. The zero-order chi connectivity index (χ0) is 15.7. The lowest BCUT2D eigenvalue weighted by Crippen LogP contribution is -2.47. The molecule has 1 fully saturated rings. The molecule has 0 spiro atoms. The lowest BCUT2D eigenvalue weighted by atomic mass is 9.96. The summed E-state index contributed by atoms with van der Waals surface area (Å²) in [6.45, 7) is 10.5. The van der Waals surface area contributed by atoms with E-state index in [4.69, 9.17) is 0 Å². The molecule has 0 radical (unpaired) electrons. The molecule has 3 rings (SSSR count). The van der Waals surface area contributed by atoms with Crippen LogP contribution in [0.1, 0.15) is 26.6 Å². The molecule has 118 valence electrons. The Morgan fingerprint density at radius 2 is 1.45 bits per heavy atom. The molecular formula is C17H25N5. The van der Waals surface area contributed by atoms with Crippen LogP contribution in [0.25, 0.3) is 0 Å². The van der Waals surface area contributed by atoms with Crippen molar-refractivity contribution in [2.45, 2.75) is 26.2 Å². The number of nitrogens with zero attached hydrogens (tertiary/aromatic N) is 5. The number of hydrogen-bond donors (Lipinski definition) is 0. The van der Waals surface area contributed by atoms with Crippen LogP contribution in [-0.2, 0) is 12.5 Å². The highest BCUT2D eigenvalue weighted by Gasteiger charge is 2.26. The van der Waals surface area contributed by atoms with Crippen LogP contribution in [0.15, 0.2) is 30.3 Å². The van der Waals surface area contributed by atoms with Gasteiger partial charge in [-0.25, -0.2) is 0 Å². The first-order valence-electron chi connectivity index (χ1n) is 7.91. The maximum Gasteiger partial charge on any atom is 0.227 e. The van der Waals surface area contributed by atoms with Crippen LogP contribution in [-0.4, -0.2) is 40.9 Å². The van der Waals surface area contributed by atoms with Gasteiger partial charge in [0.25, 0.3) is 0 Å². The normalized spacial score (nSPS) is 16.2. The second kappa shape index (κ2) is 5.63. The van der Waals surface area contributed by atoms with Crippen LogP contribution >= 0.6 is 0 Å². The van der Waals surface area contributed by atoms with E-state index in [-0.39, 0.29) is 5.41 Å². The standard InChI is InChI=1S/C17H25N5/c1-17(2,3)15-18-19-16(20(15)4)22-12-10-21(11-13-22)14-8-6-5-7-9-14/h5-9H,10-13H2,1-4H3. The van der Waals surface area contributed by atoms with Crippen molar-refractivity contribution in [2.24, 2.45) is 7.05 Å². The second-order valence-electron chi connectivity index (χ2n) is 6.94. The minimum Gasteiger partial charge on any atom is -0.368 e. The third-order valence-corrected chi connectivity index (χ3v) is 4.21. The van der Waals surface area contributed by atoms with Gasteiger partial charge < -0.3 is 9.80 Å². The van der Waals surface area contributed by atoms with Gasteiger partial charge in [-0.3, -0.25) is 4.57 Å². The number of benzene rings is 1. The molecule has 0 N–H and O–H groups in total. The maximum atomic E-state index is 4.42. The summed E-state index contributed by atoms with van der Waals surface area (Å²) in [4.78, 5) is 4.76. The molecule has 1 saturated heterocycles. The van der Waals surface area contributed by atoms with Gasteiger partial charge in [0.15, 0.2) is 0 Å². The van der Waals surface area contributed by atoms with Crippen LogP contribution in [0.4, 0.5) is 11.6 Å². The minimum atomic E-state index is 0.0197. The average Bonchev–Trinajstić information content (AvgIpc) is 2.90. The average molecular weight is 299 g/mol. The fourth-order valence-corrected chi connectivity index (χ4v) is 3.05. The van der Waals surface area contributed by atoms with E-state index in [2.05, 4.69) is 82.7 Å². The first-order valence-corrected chi connectivity index (χ1v) is 7.91. The summed E-state index contributed by atoms with van der Waals surface area (Å²) in [5.74, 6) is 2.02. The molecule has 1 aromatic carbocycles. The lowest BCUT2D eigenvalue weighted by molar-refractivity contribution is 0.518. The molecule has 5 heteroatoms. The van der Waals surface area contributed by atoms with Crippen molar-refractivity contribution >= 4 is 11.6 Å². The monoisotopic (exact) mass is 299 g/mol. The van der Waals surface area contributed by atoms with Gasteiger partial charge in [-0.05, 0) is 12.1 Å². The highest BCUT2D eigenvalue weighted by molar-refractivity contribution is 5.48. The molecule has 1 aromatic heterocycles. The quantitative estimate of drug-likeness (QED) is 0.853. The first kappa shape index (κ1) is 14.9. The van der Waals surface area contributed by atoms with Crippen molar-refractivity contribution in [1.29, 1.82) is 0 Å². The summed E-state index contributed by atoms with van der Waals surface area (Å²) in [7, 11) is 2.07. The maximum absolute atomic E-state index is 4.42. The van der Waals surface area contributed by atoms with Gasteiger partial charge in [-0.1, -0.05) is 39.0 Å². The van der Waals surface area contributed by atoms with Gasteiger partial charge in [0.05, 0.1) is 0 Å². The molecule has 2 aromatic rings. The van der Waals surface area contributed by atoms with Gasteiger partial charge in [-0.2, -0.15) is 0 Å². The van der Waals surface area contributed by atoms with Crippen molar-refractivity contribution in [1.82, 2.24) is 14.8 Å². The van der Waals surface area contributed by atoms with E-state index >= 15 is 0 Å². The van der Waals surface area contributed by atoms with E-state index in [1.807, 2.05) is 0 Å². The predicted octanol–water partition coefficient (Wildman–Crippen LogP) is 2.44. The van der Waals surface area contributed by atoms with Crippen LogP contribution in [0.3, 0.4) is 0 Å². The van der Waals surface area contributed by atoms with E-state index in [1.54, 1.807) is 0 Å². The molecule has 0 bridgehead atoms. The van der Waals surface area contributed by atoms with Crippen molar-refractivity contribution in [3.8, 4) is 0 Å². The largest absolute Gasteiger partial charge is 0.368 e. The molecule has 0 unspecified atom stereocenters. The summed E-state index contributed by atoms with van der Waals surface area (Å²) in [6.07, 6.45) is 0.